The highest BCUT2D eigenvalue weighted by Gasteiger charge is 2.61. The number of aromatic hydroxyl groups is 2. The van der Waals surface area contributed by atoms with Gasteiger partial charge in [0.1, 0.15) is 22.1 Å². The number of Topliss-reactive ketones (excluding diaryl/α,β-unsaturated/α-hetero) is 2. The lowest BCUT2D eigenvalue weighted by Gasteiger charge is -2.38. The summed E-state index contributed by atoms with van der Waals surface area (Å²) in [6, 6.07) is 8.90. The lowest BCUT2D eigenvalue weighted by atomic mass is 9.69. The number of halogens is 1. The number of methoxy groups -OCH3 is 5. The Kier molecular flexibility index (Phi) is 10.3. The van der Waals surface area contributed by atoms with Crippen molar-refractivity contribution in [1.82, 2.24) is 5.32 Å². The van der Waals surface area contributed by atoms with E-state index in [-0.39, 0.29) is 81.5 Å². The number of carbonyl (C=O) groups excluding carboxylic acids is 3. The van der Waals surface area contributed by atoms with Gasteiger partial charge < -0.3 is 49.1 Å². The number of ether oxygens (including phenoxy) is 6. The van der Waals surface area contributed by atoms with Crippen LogP contribution >= 0.6 is 11.6 Å². The van der Waals surface area contributed by atoms with Gasteiger partial charge >= 0.3 is 0 Å². The number of allylic oxidation sites excluding steroid dienone is 1. The van der Waals surface area contributed by atoms with Crippen LogP contribution in [0.5, 0.6) is 46.0 Å². The van der Waals surface area contributed by atoms with Crippen LogP contribution in [0.4, 0.5) is 0 Å². The Hall–Kier alpha value is -5.30. The number of carbonyl (C=O) groups is 3. The first-order chi connectivity index (χ1) is 23.9. The standard InChI is InChI=1S/C36H38ClNO12/c1-17-11-23(41)29(34(43)36(17)35(44)30-24(45-2)16-25(46-3)31(37)33(30)50-36)20(19-13-26(47-4)32(49-6)27(14-19)48-5)15-28(42)38-10-9-18-7-8-21(39)22(40)12-18/h7-8,12-14,16-17,20,39-40,43H,9-11,15H2,1-6H3,(H,38,42). The summed E-state index contributed by atoms with van der Waals surface area (Å²) in [4.78, 5) is 42.0. The third-order valence-corrected chi connectivity index (χ3v) is 9.47. The number of rotatable bonds is 12. The molecule has 3 atom stereocenters. The van der Waals surface area contributed by atoms with Crippen molar-refractivity contribution >= 4 is 29.1 Å². The van der Waals surface area contributed by atoms with Crippen molar-refractivity contribution in [3.63, 3.8) is 0 Å². The molecule has 4 N–H and O–H groups in total. The average Bonchev–Trinajstić information content (AvgIpc) is 3.42. The van der Waals surface area contributed by atoms with Crippen LogP contribution in [-0.4, -0.2) is 80.5 Å². The molecule has 2 aliphatic rings. The van der Waals surface area contributed by atoms with Crippen LogP contribution in [0.25, 0.3) is 0 Å². The molecule has 0 radical (unpaired) electrons. The van der Waals surface area contributed by atoms with Crippen LogP contribution in [0.1, 0.15) is 47.2 Å². The second-order valence-corrected chi connectivity index (χ2v) is 12.3. The molecule has 14 heteroatoms. The maximum absolute atomic E-state index is 14.4. The minimum absolute atomic E-state index is 0.0190. The predicted molar refractivity (Wildman–Crippen MR) is 181 cm³/mol. The fourth-order valence-corrected chi connectivity index (χ4v) is 6.82. The molecule has 0 saturated carbocycles. The maximum Gasteiger partial charge on any atom is 0.231 e. The average molecular weight is 712 g/mol. The van der Waals surface area contributed by atoms with Crippen molar-refractivity contribution in [3.05, 3.63) is 69.4 Å². The third-order valence-electron chi connectivity index (χ3n) is 9.11. The Labute approximate surface area is 293 Å². The van der Waals surface area contributed by atoms with Crippen molar-refractivity contribution < 1.29 is 58.1 Å². The summed E-state index contributed by atoms with van der Waals surface area (Å²) in [6.45, 7) is 1.75. The molecule has 3 aromatic rings. The minimum atomic E-state index is -2.08. The molecular weight excluding hydrogens is 674 g/mol. The highest BCUT2D eigenvalue weighted by Crippen LogP contribution is 2.56. The number of amides is 1. The first kappa shape index (κ1) is 36.0. The second-order valence-electron chi connectivity index (χ2n) is 11.9. The van der Waals surface area contributed by atoms with E-state index in [0.29, 0.717) is 17.5 Å². The highest BCUT2D eigenvalue weighted by molar-refractivity contribution is 6.35. The van der Waals surface area contributed by atoms with Gasteiger partial charge in [-0.25, -0.2) is 0 Å². The van der Waals surface area contributed by atoms with E-state index in [0.717, 1.165) is 0 Å². The summed E-state index contributed by atoms with van der Waals surface area (Å²) < 4.78 is 33.7. The largest absolute Gasteiger partial charge is 0.507 e. The van der Waals surface area contributed by atoms with E-state index in [1.54, 1.807) is 25.1 Å². The van der Waals surface area contributed by atoms with Crippen molar-refractivity contribution in [2.24, 2.45) is 5.92 Å². The van der Waals surface area contributed by atoms with Gasteiger partial charge in [0.2, 0.25) is 23.0 Å². The molecule has 5 rings (SSSR count). The molecule has 1 spiro atoms. The number of hydrogen-bond donors (Lipinski definition) is 4. The first-order valence-electron chi connectivity index (χ1n) is 15.6. The van der Waals surface area contributed by atoms with Crippen LogP contribution < -0.4 is 33.7 Å². The van der Waals surface area contributed by atoms with Crippen LogP contribution in [-0.2, 0) is 16.0 Å². The van der Waals surface area contributed by atoms with Gasteiger partial charge in [-0.05, 0) is 41.8 Å². The summed E-state index contributed by atoms with van der Waals surface area (Å²) in [5, 5.41) is 34.4. The van der Waals surface area contributed by atoms with E-state index >= 15 is 0 Å². The maximum atomic E-state index is 14.4. The molecule has 0 aromatic heterocycles. The SMILES string of the molecule is COc1cc(OC)c2c(c1Cl)OC1(C2=O)C(O)=C(C(CC(=O)NCCc2ccc(O)c(O)c2)c2cc(OC)c(OC)c(OC)c2)C(=O)CC1C. The molecule has 3 unspecified atom stereocenters. The van der Waals surface area contributed by atoms with Crippen LogP contribution in [0, 0.1) is 5.92 Å². The Balaban J connectivity index is 1.62. The Morgan fingerprint density at radius 3 is 2.14 bits per heavy atom. The number of fused-ring (bicyclic) bond motifs is 1. The normalized spacial score (nSPS) is 18.7. The first-order valence-corrected chi connectivity index (χ1v) is 16.0. The number of nitrogens with one attached hydrogen (secondary N) is 1. The zero-order chi connectivity index (χ0) is 36.5. The fourth-order valence-electron chi connectivity index (χ4n) is 6.56. The van der Waals surface area contributed by atoms with Gasteiger partial charge in [0.25, 0.3) is 0 Å². The monoisotopic (exact) mass is 711 g/mol. The summed E-state index contributed by atoms with van der Waals surface area (Å²) in [5.74, 6) is -3.96. The molecule has 13 nitrogen and oxygen atoms in total. The van der Waals surface area contributed by atoms with Crippen LogP contribution in [0.15, 0.2) is 47.7 Å². The molecule has 266 valence electrons. The van der Waals surface area contributed by atoms with Gasteiger partial charge in [-0.3, -0.25) is 14.4 Å². The molecule has 1 heterocycles. The Bertz CT molecular complexity index is 1860. The molecule has 0 fully saturated rings. The molecule has 1 aliphatic heterocycles. The summed E-state index contributed by atoms with van der Waals surface area (Å²) in [6.07, 6.45) is -0.258. The zero-order valence-electron chi connectivity index (χ0n) is 28.3. The van der Waals surface area contributed by atoms with Gasteiger partial charge in [0.15, 0.2) is 40.3 Å². The van der Waals surface area contributed by atoms with Gasteiger partial charge in [0.05, 0.1) is 35.5 Å². The highest BCUT2D eigenvalue weighted by atomic mass is 35.5. The van der Waals surface area contributed by atoms with Crippen LogP contribution in [0.3, 0.4) is 0 Å². The van der Waals surface area contributed by atoms with E-state index in [1.165, 1.54) is 53.7 Å². The van der Waals surface area contributed by atoms with Gasteiger partial charge in [-0.2, -0.15) is 0 Å². The smallest absolute Gasteiger partial charge is 0.231 e. The quantitative estimate of drug-likeness (QED) is 0.184. The Morgan fingerprint density at radius 1 is 0.920 bits per heavy atom. The van der Waals surface area contributed by atoms with Crippen molar-refractivity contribution in [3.8, 4) is 46.0 Å². The lowest BCUT2D eigenvalue weighted by molar-refractivity contribution is -0.121. The van der Waals surface area contributed by atoms with E-state index in [9.17, 15) is 29.7 Å². The summed E-state index contributed by atoms with van der Waals surface area (Å²) >= 11 is 6.60. The predicted octanol–water partition coefficient (Wildman–Crippen LogP) is 5.06. The number of aliphatic hydroxyl groups is 1. The van der Waals surface area contributed by atoms with E-state index < -0.39 is 40.7 Å². The van der Waals surface area contributed by atoms with Gasteiger partial charge in [-0.15, -0.1) is 0 Å². The van der Waals surface area contributed by atoms with Crippen LogP contribution in [0.2, 0.25) is 5.02 Å². The molecule has 1 amide bonds. The van der Waals surface area contributed by atoms with Crippen molar-refractivity contribution in [1.29, 1.82) is 0 Å². The number of phenols is 2. The number of aliphatic hydroxyl groups excluding tert-OH is 1. The zero-order valence-corrected chi connectivity index (χ0v) is 29.1. The van der Waals surface area contributed by atoms with Gasteiger partial charge in [-0.1, -0.05) is 24.6 Å². The molecule has 0 bridgehead atoms. The topological polar surface area (TPSA) is 179 Å². The second kappa shape index (κ2) is 14.3. The molecular formula is C36H38ClNO12. The summed E-state index contributed by atoms with van der Waals surface area (Å²) in [5.41, 5.74) is -1.31. The number of hydrogen-bond acceptors (Lipinski definition) is 12. The third kappa shape index (κ3) is 6.06. The molecule has 0 saturated heterocycles. The Morgan fingerprint density at radius 2 is 1.56 bits per heavy atom. The van der Waals surface area contributed by atoms with Crippen molar-refractivity contribution in [2.75, 3.05) is 42.1 Å². The van der Waals surface area contributed by atoms with E-state index in [2.05, 4.69) is 5.32 Å². The fraction of sp³-hybridized carbons (Fsp3) is 0.361. The summed E-state index contributed by atoms with van der Waals surface area (Å²) in [7, 11) is 7.00. The number of benzene rings is 3. The minimum Gasteiger partial charge on any atom is -0.507 e. The van der Waals surface area contributed by atoms with E-state index in [1.807, 2.05) is 0 Å². The number of ketones is 2. The molecule has 3 aromatic carbocycles. The lowest BCUT2D eigenvalue weighted by Crippen LogP contribution is -2.53. The van der Waals surface area contributed by atoms with Gasteiger partial charge in [0, 0.05) is 42.9 Å². The molecule has 50 heavy (non-hydrogen) atoms. The molecule has 1 aliphatic carbocycles. The van der Waals surface area contributed by atoms with Crippen molar-refractivity contribution in [2.45, 2.75) is 37.7 Å². The number of phenolic OH excluding ortho intramolecular Hbond substituents is 2. The van der Waals surface area contributed by atoms with E-state index in [4.69, 9.17) is 40.0 Å².